The first-order valence-corrected chi connectivity index (χ1v) is 11.2. The third-order valence-corrected chi connectivity index (χ3v) is 6.32. The molecule has 2 N–H and O–H groups in total. The minimum absolute atomic E-state index is 0.0852. The highest BCUT2D eigenvalue weighted by Crippen LogP contribution is 2.42. The van der Waals surface area contributed by atoms with Gasteiger partial charge in [-0.15, -0.1) is 11.6 Å². The van der Waals surface area contributed by atoms with Crippen molar-refractivity contribution in [2.75, 3.05) is 30.2 Å². The van der Waals surface area contributed by atoms with E-state index >= 15 is 0 Å². The third kappa shape index (κ3) is 4.72. The van der Waals surface area contributed by atoms with Gasteiger partial charge in [0.15, 0.2) is 0 Å². The fourth-order valence-corrected chi connectivity index (χ4v) is 4.15. The molecule has 0 bridgehead atoms. The van der Waals surface area contributed by atoms with Crippen molar-refractivity contribution in [1.82, 2.24) is 14.9 Å². The number of amides is 1. The largest absolute Gasteiger partial charge is 0.416 e. The lowest BCUT2D eigenvalue weighted by Gasteiger charge is -2.21. The molecule has 1 aliphatic carbocycles. The van der Waals surface area contributed by atoms with Crippen LogP contribution in [0.25, 0.3) is 0 Å². The Labute approximate surface area is 194 Å². The molecule has 2 heterocycles. The number of benzene rings is 1. The molecular weight excluding hydrogens is 459 g/mol. The average Bonchev–Trinajstić information content (AvgIpc) is 3.46. The summed E-state index contributed by atoms with van der Waals surface area (Å²) < 4.78 is 45.3. The van der Waals surface area contributed by atoms with Crippen LogP contribution in [-0.4, -0.2) is 45.9 Å². The Kier molecular flexibility index (Phi) is 6.41. The second-order valence-corrected chi connectivity index (χ2v) is 8.62. The number of alkyl halides is 4. The molecule has 0 spiro atoms. The molecule has 4 rings (SSSR count). The van der Waals surface area contributed by atoms with Crippen LogP contribution in [0.1, 0.15) is 40.8 Å². The number of aromatic nitrogens is 2. The highest BCUT2D eigenvalue weighted by Gasteiger charge is 2.53. The van der Waals surface area contributed by atoms with Gasteiger partial charge in [-0.2, -0.15) is 18.2 Å². The zero-order chi connectivity index (χ0) is 23.8. The van der Waals surface area contributed by atoms with Crippen molar-refractivity contribution in [3.05, 3.63) is 46.1 Å². The summed E-state index contributed by atoms with van der Waals surface area (Å²) in [5.74, 6) is 1.09. The van der Waals surface area contributed by atoms with Crippen LogP contribution in [0.5, 0.6) is 0 Å². The minimum Gasteiger partial charge on any atom is -0.368 e. The Bertz CT molecular complexity index is 1060. The van der Waals surface area contributed by atoms with E-state index in [-0.39, 0.29) is 18.0 Å². The van der Waals surface area contributed by atoms with E-state index in [1.165, 1.54) is 20.1 Å². The van der Waals surface area contributed by atoms with Crippen LogP contribution < -0.4 is 10.6 Å². The van der Waals surface area contributed by atoms with Crippen molar-refractivity contribution < 1.29 is 22.7 Å². The van der Waals surface area contributed by atoms with E-state index in [0.29, 0.717) is 61.4 Å². The van der Waals surface area contributed by atoms with Gasteiger partial charge < -0.3 is 20.3 Å². The molecule has 2 aromatic rings. The Hall–Kier alpha value is -2.59. The van der Waals surface area contributed by atoms with E-state index in [0.717, 1.165) is 11.6 Å². The number of nitrogens with one attached hydrogen (secondary N) is 2. The molecule has 2 aliphatic rings. The maximum atomic E-state index is 13.3. The molecule has 1 amide bonds. The number of ether oxygens (including phenoxy) is 1. The van der Waals surface area contributed by atoms with E-state index in [9.17, 15) is 18.0 Å². The minimum atomic E-state index is -4.42. The summed E-state index contributed by atoms with van der Waals surface area (Å²) in [6.07, 6.45) is -3.05. The summed E-state index contributed by atoms with van der Waals surface area (Å²) in [4.78, 5) is 23.7. The van der Waals surface area contributed by atoms with Crippen LogP contribution in [0, 0.1) is 6.92 Å². The molecular formula is C22H25ClF3N5O2. The van der Waals surface area contributed by atoms with Crippen molar-refractivity contribution in [2.24, 2.45) is 0 Å². The number of halogens is 4. The summed E-state index contributed by atoms with van der Waals surface area (Å²) in [5, 5.41) is 6.19. The Morgan fingerprint density at radius 1 is 1.24 bits per heavy atom. The van der Waals surface area contributed by atoms with Gasteiger partial charge in [-0.1, -0.05) is 12.1 Å². The SMILES string of the molecule is COC1(C(=O)N2Cc3nc(NCCCl)nc(NCc4cccc(C(F)(F)F)c4C)c3C2)CC1. The van der Waals surface area contributed by atoms with Crippen molar-refractivity contribution in [2.45, 2.75) is 51.2 Å². The fraction of sp³-hybridized carbons (Fsp3) is 0.500. The quantitative estimate of drug-likeness (QED) is 0.551. The number of fused-ring (bicyclic) bond motifs is 1. The molecule has 1 aliphatic heterocycles. The highest BCUT2D eigenvalue weighted by molar-refractivity contribution is 6.18. The Morgan fingerprint density at radius 3 is 2.64 bits per heavy atom. The number of nitrogens with zero attached hydrogens (tertiary/aromatic N) is 3. The maximum Gasteiger partial charge on any atom is 0.416 e. The summed E-state index contributed by atoms with van der Waals surface area (Å²) in [6.45, 7) is 2.66. The van der Waals surface area contributed by atoms with Gasteiger partial charge in [0.05, 0.1) is 24.3 Å². The molecule has 178 valence electrons. The zero-order valence-electron chi connectivity index (χ0n) is 18.4. The number of methoxy groups -OCH3 is 1. The van der Waals surface area contributed by atoms with Crippen molar-refractivity contribution >= 4 is 29.3 Å². The monoisotopic (exact) mass is 483 g/mol. The second-order valence-electron chi connectivity index (χ2n) is 8.24. The highest BCUT2D eigenvalue weighted by atomic mass is 35.5. The number of hydrogen-bond acceptors (Lipinski definition) is 6. The van der Waals surface area contributed by atoms with Crippen LogP contribution in [0.2, 0.25) is 0 Å². The van der Waals surface area contributed by atoms with Gasteiger partial charge in [-0.3, -0.25) is 4.79 Å². The molecule has 11 heteroatoms. The standard InChI is InChI=1S/C22H25ClF3N5O2/c1-13-14(4-3-5-16(13)22(24,25)26)10-28-18-15-11-31(19(32)21(33-2)6-7-21)12-17(15)29-20(30-18)27-9-8-23/h3-5H,6-12H2,1-2H3,(H2,27,28,29,30). The lowest BCUT2D eigenvalue weighted by atomic mass is 10.0. The first kappa shape index (κ1) is 23.6. The molecule has 0 saturated heterocycles. The molecule has 33 heavy (non-hydrogen) atoms. The smallest absolute Gasteiger partial charge is 0.368 e. The van der Waals surface area contributed by atoms with E-state index in [1.807, 2.05) is 0 Å². The molecule has 7 nitrogen and oxygen atoms in total. The predicted molar refractivity (Wildman–Crippen MR) is 118 cm³/mol. The van der Waals surface area contributed by atoms with Crippen molar-refractivity contribution in [3.8, 4) is 0 Å². The Balaban J connectivity index is 1.59. The number of hydrogen-bond donors (Lipinski definition) is 2. The molecule has 1 aromatic heterocycles. The fourth-order valence-electron chi connectivity index (χ4n) is 4.05. The molecule has 1 aromatic carbocycles. The first-order chi connectivity index (χ1) is 15.7. The average molecular weight is 484 g/mol. The molecule has 1 fully saturated rings. The zero-order valence-corrected chi connectivity index (χ0v) is 19.1. The van der Waals surface area contributed by atoms with Crippen LogP contribution in [-0.2, 0) is 35.3 Å². The normalized spacial score (nSPS) is 16.5. The van der Waals surface area contributed by atoms with Crippen LogP contribution in [0.4, 0.5) is 24.9 Å². The van der Waals surface area contributed by atoms with E-state index in [2.05, 4.69) is 20.6 Å². The van der Waals surface area contributed by atoms with Gasteiger partial charge in [-0.25, -0.2) is 4.98 Å². The number of carbonyl (C=O) groups is 1. The van der Waals surface area contributed by atoms with E-state index in [4.69, 9.17) is 16.3 Å². The lowest BCUT2D eigenvalue weighted by molar-refractivity contribution is -0.145. The third-order valence-electron chi connectivity index (χ3n) is 6.13. The summed E-state index contributed by atoms with van der Waals surface area (Å²) in [7, 11) is 1.53. The topological polar surface area (TPSA) is 79.4 Å². The number of anilines is 2. The maximum absolute atomic E-state index is 13.3. The summed E-state index contributed by atoms with van der Waals surface area (Å²) in [5.41, 5.74) is 0.691. The van der Waals surface area contributed by atoms with Gasteiger partial charge in [0.25, 0.3) is 5.91 Å². The van der Waals surface area contributed by atoms with E-state index in [1.54, 1.807) is 11.0 Å². The Morgan fingerprint density at radius 2 is 2.00 bits per heavy atom. The lowest BCUT2D eigenvalue weighted by Crippen LogP contribution is -2.38. The van der Waals surface area contributed by atoms with Crippen molar-refractivity contribution in [3.63, 3.8) is 0 Å². The van der Waals surface area contributed by atoms with Gasteiger partial charge in [0.1, 0.15) is 11.4 Å². The first-order valence-electron chi connectivity index (χ1n) is 10.6. The molecule has 0 unspecified atom stereocenters. The van der Waals surface area contributed by atoms with Gasteiger partial charge in [0.2, 0.25) is 5.95 Å². The van der Waals surface area contributed by atoms with E-state index < -0.39 is 17.3 Å². The van der Waals surface area contributed by atoms with Crippen LogP contribution in [0.15, 0.2) is 18.2 Å². The predicted octanol–water partition coefficient (Wildman–Crippen LogP) is 4.09. The molecule has 0 radical (unpaired) electrons. The van der Waals surface area contributed by atoms with Gasteiger partial charge in [-0.05, 0) is 37.0 Å². The van der Waals surface area contributed by atoms with Crippen LogP contribution >= 0.6 is 11.6 Å². The van der Waals surface area contributed by atoms with Crippen molar-refractivity contribution in [1.29, 1.82) is 0 Å². The second kappa shape index (κ2) is 8.98. The van der Waals surface area contributed by atoms with Gasteiger partial charge in [0, 0.05) is 31.6 Å². The molecule has 0 atom stereocenters. The summed E-state index contributed by atoms with van der Waals surface area (Å²) >= 11 is 5.76. The number of rotatable bonds is 8. The van der Waals surface area contributed by atoms with Gasteiger partial charge >= 0.3 is 6.18 Å². The molecule has 1 saturated carbocycles. The summed E-state index contributed by atoms with van der Waals surface area (Å²) in [6, 6.07) is 4.12. The number of carbonyl (C=O) groups excluding carboxylic acids is 1. The van der Waals surface area contributed by atoms with Crippen LogP contribution in [0.3, 0.4) is 0 Å².